The highest BCUT2D eigenvalue weighted by molar-refractivity contribution is 5.95. The van der Waals surface area contributed by atoms with Crippen molar-refractivity contribution in [2.24, 2.45) is 0 Å². The summed E-state index contributed by atoms with van der Waals surface area (Å²) in [5, 5.41) is 2.47. The Labute approximate surface area is 155 Å². The van der Waals surface area contributed by atoms with Gasteiger partial charge < -0.3 is 19.7 Å². The van der Waals surface area contributed by atoms with Gasteiger partial charge in [-0.15, -0.1) is 0 Å². The normalized spacial score (nSPS) is 10.3. The van der Waals surface area contributed by atoms with Gasteiger partial charge in [-0.1, -0.05) is 0 Å². The topological polar surface area (TPSA) is 67.9 Å². The second kappa shape index (κ2) is 8.98. The highest BCUT2D eigenvalue weighted by Crippen LogP contribution is 2.31. The molecule has 27 heavy (non-hydrogen) atoms. The van der Waals surface area contributed by atoms with Crippen molar-refractivity contribution in [2.75, 3.05) is 31.0 Å². The minimum atomic E-state index is -1.05. The van der Waals surface area contributed by atoms with Gasteiger partial charge in [-0.25, -0.2) is 8.78 Å². The molecule has 0 aliphatic rings. The van der Waals surface area contributed by atoms with Crippen LogP contribution in [0.4, 0.5) is 20.2 Å². The molecule has 0 heterocycles. The molecule has 0 aromatic heterocycles. The minimum Gasteiger partial charge on any atom is -0.493 e. The number of amides is 2. The molecule has 2 aromatic rings. The SMILES string of the molecule is COc1ccc(N(CCC(=O)Nc2ccc(F)c(F)c2)C(C)=O)cc1OC. The summed E-state index contributed by atoms with van der Waals surface area (Å²) in [6, 6.07) is 8.04. The Morgan fingerprint density at radius 2 is 1.70 bits per heavy atom. The lowest BCUT2D eigenvalue weighted by molar-refractivity contribution is -0.117. The summed E-state index contributed by atoms with van der Waals surface area (Å²) in [6.07, 6.45) is -0.0348. The van der Waals surface area contributed by atoms with Gasteiger partial charge in [0.25, 0.3) is 0 Å². The van der Waals surface area contributed by atoms with Gasteiger partial charge in [0.2, 0.25) is 11.8 Å². The number of nitrogens with zero attached hydrogens (tertiary/aromatic N) is 1. The fourth-order valence-electron chi connectivity index (χ4n) is 2.47. The molecule has 0 radical (unpaired) electrons. The summed E-state index contributed by atoms with van der Waals surface area (Å²) in [7, 11) is 2.98. The fraction of sp³-hybridized carbons (Fsp3) is 0.263. The lowest BCUT2D eigenvalue weighted by Gasteiger charge is -2.22. The number of carbonyl (C=O) groups is 2. The molecule has 2 amide bonds. The van der Waals surface area contributed by atoms with Crippen molar-refractivity contribution in [3.63, 3.8) is 0 Å². The summed E-state index contributed by atoms with van der Waals surface area (Å²) in [6.45, 7) is 1.48. The molecule has 6 nitrogen and oxygen atoms in total. The van der Waals surface area contributed by atoms with Crippen LogP contribution in [0.3, 0.4) is 0 Å². The van der Waals surface area contributed by atoms with E-state index in [2.05, 4.69) is 5.32 Å². The molecule has 0 bridgehead atoms. The standard InChI is InChI=1S/C19H20F2N2O4/c1-12(24)23(14-5-7-17(26-2)18(11-14)27-3)9-8-19(25)22-13-4-6-15(20)16(21)10-13/h4-7,10-11H,8-9H2,1-3H3,(H,22,25). The van der Waals surface area contributed by atoms with Gasteiger partial charge in [-0.3, -0.25) is 9.59 Å². The number of rotatable bonds is 7. The summed E-state index contributed by atoms with van der Waals surface area (Å²) in [5.41, 5.74) is 0.681. The number of methoxy groups -OCH3 is 2. The Morgan fingerprint density at radius 1 is 1.00 bits per heavy atom. The predicted octanol–water partition coefficient (Wildman–Crippen LogP) is 3.36. The van der Waals surface area contributed by atoms with Crippen molar-refractivity contribution < 1.29 is 27.8 Å². The van der Waals surface area contributed by atoms with Crippen LogP contribution in [0.1, 0.15) is 13.3 Å². The molecule has 0 aliphatic carbocycles. The van der Waals surface area contributed by atoms with Crippen LogP contribution in [0.5, 0.6) is 11.5 Å². The Balaban J connectivity index is 2.07. The van der Waals surface area contributed by atoms with Crippen LogP contribution < -0.4 is 19.7 Å². The molecular weight excluding hydrogens is 358 g/mol. The fourth-order valence-corrected chi connectivity index (χ4v) is 2.47. The van der Waals surface area contributed by atoms with Gasteiger partial charge in [0, 0.05) is 43.4 Å². The quantitative estimate of drug-likeness (QED) is 0.802. The van der Waals surface area contributed by atoms with Crippen LogP contribution in [-0.4, -0.2) is 32.6 Å². The van der Waals surface area contributed by atoms with E-state index in [1.54, 1.807) is 18.2 Å². The van der Waals surface area contributed by atoms with Crippen molar-refractivity contribution in [2.45, 2.75) is 13.3 Å². The van der Waals surface area contributed by atoms with E-state index < -0.39 is 17.5 Å². The van der Waals surface area contributed by atoms with Gasteiger partial charge in [0.05, 0.1) is 14.2 Å². The van der Waals surface area contributed by atoms with E-state index in [4.69, 9.17) is 9.47 Å². The average molecular weight is 378 g/mol. The van der Waals surface area contributed by atoms with Crippen LogP contribution >= 0.6 is 0 Å². The molecule has 144 valence electrons. The molecule has 0 saturated heterocycles. The molecule has 1 N–H and O–H groups in total. The average Bonchev–Trinajstić information content (AvgIpc) is 2.64. The molecule has 0 unspecified atom stereocenters. The predicted molar refractivity (Wildman–Crippen MR) is 97.2 cm³/mol. The summed E-state index contributed by atoms with van der Waals surface area (Å²) in [5.74, 6) is -1.78. The van der Waals surface area contributed by atoms with Gasteiger partial charge in [0.15, 0.2) is 23.1 Å². The van der Waals surface area contributed by atoms with E-state index in [1.807, 2.05) is 0 Å². The molecule has 2 aromatic carbocycles. The van der Waals surface area contributed by atoms with Crippen LogP contribution in [0.15, 0.2) is 36.4 Å². The van der Waals surface area contributed by atoms with Crippen LogP contribution in [0.25, 0.3) is 0 Å². The third kappa shape index (κ3) is 5.16. The number of hydrogen-bond acceptors (Lipinski definition) is 4. The summed E-state index contributed by atoms with van der Waals surface area (Å²) < 4.78 is 36.5. The highest BCUT2D eigenvalue weighted by atomic mass is 19.2. The maximum atomic E-state index is 13.2. The number of ether oxygens (including phenoxy) is 2. The number of halogens is 2. The second-order valence-corrected chi connectivity index (χ2v) is 5.64. The van der Waals surface area contributed by atoms with Crippen LogP contribution in [0, 0.1) is 11.6 Å². The van der Waals surface area contributed by atoms with E-state index in [0.717, 1.165) is 12.1 Å². The highest BCUT2D eigenvalue weighted by Gasteiger charge is 2.16. The smallest absolute Gasteiger partial charge is 0.226 e. The number of benzene rings is 2. The lowest BCUT2D eigenvalue weighted by atomic mass is 10.2. The van der Waals surface area contributed by atoms with Gasteiger partial charge in [-0.05, 0) is 24.3 Å². The lowest BCUT2D eigenvalue weighted by Crippen LogP contribution is -2.32. The van der Waals surface area contributed by atoms with Crippen molar-refractivity contribution in [1.82, 2.24) is 0 Å². The Kier molecular flexibility index (Phi) is 6.70. The van der Waals surface area contributed by atoms with E-state index in [0.29, 0.717) is 17.2 Å². The van der Waals surface area contributed by atoms with Crippen molar-refractivity contribution >= 4 is 23.2 Å². The Hall–Kier alpha value is -3.16. The molecular formula is C19H20F2N2O4. The zero-order chi connectivity index (χ0) is 20.0. The number of anilines is 2. The molecule has 8 heteroatoms. The van der Waals surface area contributed by atoms with Crippen molar-refractivity contribution in [1.29, 1.82) is 0 Å². The zero-order valence-electron chi connectivity index (χ0n) is 15.2. The molecule has 0 aliphatic heterocycles. The molecule has 0 saturated carbocycles. The largest absolute Gasteiger partial charge is 0.493 e. The summed E-state index contributed by atoms with van der Waals surface area (Å²) >= 11 is 0. The summed E-state index contributed by atoms with van der Waals surface area (Å²) in [4.78, 5) is 25.5. The minimum absolute atomic E-state index is 0.0348. The monoisotopic (exact) mass is 378 g/mol. The number of nitrogens with one attached hydrogen (secondary N) is 1. The molecule has 0 atom stereocenters. The Morgan fingerprint density at radius 3 is 2.30 bits per heavy atom. The Bertz CT molecular complexity index is 842. The first-order valence-corrected chi connectivity index (χ1v) is 8.10. The molecule has 0 spiro atoms. The van der Waals surface area contributed by atoms with Gasteiger partial charge in [0.1, 0.15) is 0 Å². The first-order chi connectivity index (χ1) is 12.8. The van der Waals surface area contributed by atoms with E-state index >= 15 is 0 Å². The first-order valence-electron chi connectivity index (χ1n) is 8.10. The number of hydrogen-bond donors (Lipinski definition) is 1. The maximum absolute atomic E-state index is 13.2. The molecule has 0 fully saturated rings. The van der Waals surface area contributed by atoms with Crippen LogP contribution in [-0.2, 0) is 9.59 Å². The second-order valence-electron chi connectivity index (χ2n) is 5.64. The molecule has 2 rings (SSSR count). The van der Waals surface area contributed by atoms with E-state index in [-0.39, 0.29) is 24.6 Å². The van der Waals surface area contributed by atoms with Crippen molar-refractivity contribution in [3.05, 3.63) is 48.0 Å². The van der Waals surface area contributed by atoms with Gasteiger partial charge in [-0.2, -0.15) is 0 Å². The third-order valence-corrected chi connectivity index (χ3v) is 3.82. The third-order valence-electron chi connectivity index (χ3n) is 3.82. The van der Waals surface area contributed by atoms with Crippen molar-refractivity contribution in [3.8, 4) is 11.5 Å². The first kappa shape index (κ1) is 20.2. The number of carbonyl (C=O) groups excluding carboxylic acids is 2. The van der Waals surface area contributed by atoms with E-state index in [9.17, 15) is 18.4 Å². The zero-order valence-corrected chi connectivity index (χ0v) is 15.2. The maximum Gasteiger partial charge on any atom is 0.226 e. The van der Waals surface area contributed by atoms with Crippen LogP contribution in [0.2, 0.25) is 0 Å². The van der Waals surface area contributed by atoms with Gasteiger partial charge >= 0.3 is 0 Å². The van der Waals surface area contributed by atoms with E-state index in [1.165, 1.54) is 32.1 Å².